The predicted octanol–water partition coefficient (Wildman–Crippen LogP) is 1.29. The number of rotatable bonds is 3. The third-order valence-electron chi connectivity index (χ3n) is 3.86. The van der Waals surface area contributed by atoms with E-state index in [1.165, 1.54) is 6.07 Å². The van der Waals surface area contributed by atoms with Gasteiger partial charge in [0.2, 0.25) is 5.91 Å². The maximum atomic E-state index is 12.2. The van der Waals surface area contributed by atoms with E-state index in [2.05, 4.69) is 10.6 Å². The van der Waals surface area contributed by atoms with Crippen LogP contribution < -0.4 is 16.1 Å². The van der Waals surface area contributed by atoms with Crippen molar-refractivity contribution in [3.63, 3.8) is 0 Å². The number of hydrogen-bond donors (Lipinski definition) is 2. The monoisotopic (exact) mass is 321 g/mol. The van der Waals surface area contributed by atoms with Gasteiger partial charge in [0.25, 0.3) is 0 Å². The van der Waals surface area contributed by atoms with Gasteiger partial charge in [0, 0.05) is 30.2 Å². The molecule has 0 radical (unpaired) electrons. The lowest BCUT2D eigenvalue weighted by molar-refractivity contribution is -0.122. The van der Waals surface area contributed by atoms with E-state index in [0.29, 0.717) is 5.39 Å². The molecule has 0 bridgehead atoms. The molecule has 0 saturated carbocycles. The molecular weight excluding hydrogens is 302 g/mol. The van der Waals surface area contributed by atoms with Crippen LogP contribution in [0.4, 0.5) is 0 Å². The fourth-order valence-corrected chi connectivity index (χ4v) is 2.80. The van der Waals surface area contributed by atoms with E-state index in [1.54, 1.807) is 12.3 Å². The summed E-state index contributed by atoms with van der Waals surface area (Å²) in [6, 6.07) is 9.08. The lowest BCUT2D eigenvalue weighted by Gasteiger charge is -2.24. The van der Waals surface area contributed by atoms with E-state index in [1.807, 2.05) is 22.8 Å². The molecule has 22 heavy (non-hydrogen) atoms. The molecular formula is C16H20ClN3O2. The van der Waals surface area contributed by atoms with Crippen LogP contribution in [-0.2, 0) is 11.3 Å². The van der Waals surface area contributed by atoms with Crippen LogP contribution in [-0.4, -0.2) is 29.6 Å². The van der Waals surface area contributed by atoms with Gasteiger partial charge in [0.15, 0.2) is 5.43 Å². The highest BCUT2D eigenvalue weighted by Crippen LogP contribution is 2.09. The van der Waals surface area contributed by atoms with Gasteiger partial charge in [-0.2, -0.15) is 0 Å². The van der Waals surface area contributed by atoms with Crippen molar-refractivity contribution < 1.29 is 4.79 Å². The Morgan fingerprint density at radius 2 is 2.14 bits per heavy atom. The number of pyridine rings is 1. The maximum Gasteiger partial charge on any atom is 0.240 e. The molecule has 2 N–H and O–H groups in total. The zero-order chi connectivity index (χ0) is 14.7. The van der Waals surface area contributed by atoms with E-state index in [0.717, 1.165) is 31.4 Å². The van der Waals surface area contributed by atoms with Crippen LogP contribution in [0.5, 0.6) is 0 Å². The lowest BCUT2D eigenvalue weighted by Crippen LogP contribution is -2.46. The minimum atomic E-state index is -0.0162. The third-order valence-corrected chi connectivity index (χ3v) is 3.86. The molecule has 1 aliphatic heterocycles. The Balaban J connectivity index is 0.00000176. The summed E-state index contributed by atoms with van der Waals surface area (Å²) in [6.45, 7) is 2.09. The summed E-state index contributed by atoms with van der Waals surface area (Å²) in [5.41, 5.74) is 0.778. The van der Waals surface area contributed by atoms with Crippen molar-refractivity contribution in [2.75, 3.05) is 13.1 Å². The van der Waals surface area contributed by atoms with Gasteiger partial charge in [-0.15, -0.1) is 12.4 Å². The third kappa shape index (κ3) is 3.67. The van der Waals surface area contributed by atoms with Crippen LogP contribution >= 0.6 is 12.4 Å². The highest BCUT2D eigenvalue weighted by atomic mass is 35.5. The lowest BCUT2D eigenvalue weighted by atomic mass is 10.1. The maximum absolute atomic E-state index is 12.2. The van der Waals surface area contributed by atoms with Crippen molar-refractivity contribution >= 4 is 29.2 Å². The Labute approximate surface area is 135 Å². The average molecular weight is 322 g/mol. The molecule has 1 atom stereocenters. The quantitative estimate of drug-likeness (QED) is 0.895. The predicted molar refractivity (Wildman–Crippen MR) is 89.5 cm³/mol. The number of halogens is 1. The summed E-state index contributed by atoms with van der Waals surface area (Å²) in [5.74, 6) is -0.0162. The van der Waals surface area contributed by atoms with Crippen molar-refractivity contribution in [2.45, 2.75) is 25.4 Å². The van der Waals surface area contributed by atoms with Crippen LogP contribution in [0, 0.1) is 0 Å². The number of hydrogen-bond acceptors (Lipinski definition) is 3. The first-order chi connectivity index (χ1) is 10.2. The molecule has 5 nitrogen and oxygen atoms in total. The van der Waals surface area contributed by atoms with Crippen LogP contribution in [0.15, 0.2) is 41.3 Å². The van der Waals surface area contributed by atoms with Gasteiger partial charge in [-0.05, 0) is 31.5 Å². The summed E-state index contributed by atoms with van der Waals surface area (Å²) in [7, 11) is 0. The second-order valence-electron chi connectivity index (χ2n) is 5.44. The fourth-order valence-electron chi connectivity index (χ4n) is 2.80. The smallest absolute Gasteiger partial charge is 0.240 e. The Hall–Kier alpha value is -1.85. The van der Waals surface area contributed by atoms with Crippen molar-refractivity contribution in [1.29, 1.82) is 0 Å². The Bertz CT molecular complexity index is 708. The Kier molecular flexibility index (Phi) is 5.57. The normalized spacial score (nSPS) is 17.7. The zero-order valence-electron chi connectivity index (χ0n) is 12.2. The molecule has 0 aliphatic carbocycles. The van der Waals surface area contributed by atoms with Crippen LogP contribution in [0.3, 0.4) is 0 Å². The second-order valence-corrected chi connectivity index (χ2v) is 5.44. The molecule has 1 aliphatic rings. The zero-order valence-corrected chi connectivity index (χ0v) is 13.1. The molecule has 3 rings (SSSR count). The standard InChI is InChI=1S/C16H19N3O2.ClH/c20-15-7-9-19(14-6-2-1-5-13(14)15)11-16(21)18-12-4-3-8-17-10-12;/h1-2,5-7,9,12,17H,3-4,8,10-11H2,(H,18,21);1H/t12-;/m0./s1. The van der Waals surface area contributed by atoms with Crippen molar-refractivity contribution in [3.05, 3.63) is 46.8 Å². The molecule has 1 fully saturated rings. The van der Waals surface area contributed by atoms with Gasteiger partial charge in [-0.1, -0.05) is 12.1 Å². The molecule has 1 saturated heterocycles. The summed E-state index contributed by atoms with van der Waals surface area (Å²) >= 11 is 0. The van der Waals surface area contributed by atoms with E-state index in [9.17, 15) is 9.59 Å². The van der Waals surface area contributed by atoms with Crippen LogP contribution in [0.1, 0.15) is 12.8 Å². The largest absolute Gasteiger partial charge is 0.351 e. The molecule has 2 heterocycles. The van der Waals surface area contributed by atoms with Gasteiger partial charge < -0.3 is 15.2 Å². The number of para-hydroxylation sites is 1. The summed E-state index contributed by atoms with van der Waals surface area (Å²) < 4.78 is 1.82. The first-order valence-corrected chi connectivity index (χ1v) is 7.32. The SMILES string of the molecule is Cl.O=C(Cn1ccc(=O)c2ccccc21)N[C@H]1CCCNC1. The van der Waals surface area contributed by atoms with Gasteiger partial charge in [-0.3, -0.25) is 9.59 Å². The van der Waals surface area contributed by atoms with Crippen molar-refractivity contribution in [3.8, 4) is 0 Å². The first kappa shape index (κ1) is 16.5. The summed E-state index contributed by atoms with van der Waals surface area (Å²) in [5, 5.41) is 6.97. The van der Waals surface area contributed by atoms with Crippen LogP contribution in [0.25, 0.3) is 10.9 Å². The number of piperidine rings is 1. The van der Waals surface area contributed by atoms with Crippen molar-refractivity contribution in [1.82, 2.24) is 15.2 Å². The second kappa shape index (κ2) is 7.42. The summed E-state index contributed by atoms with van der Waals surface area (Å²) in [4.78, 5) is 24.0. The number of fused-ring (bicyclic) bond motifs is 1. The minimum Gasteiger partial charge on any atom is -0.351 e. The number of carbonyl (C=O) groups is 1. The van der Waals surface area contributed by atoms with Crippen molar-refractivity contribution in [2.24, 2.45) is 0 Å². The molecule has 1 aromatic carbocycles. The molecule has 1 amide bonds. The molecule has 1 aromatic heterocycles. The number of aromatic nitrogens is 1. The van der Waals surface area contributed by atoms with Gasteiger partial charge in [-0.25, -0.2) is 0 Å². The van der Waals surface area contributed by atoms with E-state index < -0.39 is 0 Å². The van der Waals surface area contributed by atoms with Gasteiger partial charge in [0.1, 0.15) is 6.54 Å². The van der Waals surface area contributed by atoms with E-state index in [-0.39, 0.29) is 36.3 Å². The number of amides is 1. The van der Waals surface area contributed by atoms with Gasteiger partial charge in [0.05, 0.1) is 5.52 Å². The number of nitrogens with zero attached hydrogens (tertiary/aromatic N) is 1. The first-order valence-electron chi connectivity index (χ1n) is 7.32. The van der Waals surface area contributed by atoms with E-state index in [4.69, 9.17) is 0 Å². The number of nitrogens with one attached hydrogen (secondary N) is 2. The highest BCUT2D eigenvalue weighted by molar-refractivity contribution is 5.85. The minimum absolute atomic E-state index is 0. The highest BCUT2D eigenvalue weighted by Gasteiger charge is 2.15. The average Bonchev–Trinajstić information content (AvgIpc) is 2.51. The molecule has 2 aromatic rings. The van der Waals surface area contributed by atoms with E-state index >= 15 is 0 Å². The summed E-state index contributed by atoms with van der Waals surface area (Å²) in [6.07, 6.45) is 3.79. The van der Waals surface area contributed by atoms with Crippen LogP contribution in [0.2, 0.25) is 0 Å². The molecule has 6 heteroatoms. The molecule has 0 unspecified atom stereocenters. The Morgan fingerprint density at radius 3 is 2.91 bits per heavy atom. The Morgan fingerprint density at radius 1 is 1.32 bits per heavy atom. The van der Waals surface area contributed by atoms with Gasteiger partial charge >= 0.3 is 0 Å². The number of carbonyl (C=O) groups excluding carboxylic acids is 1. The molecule has 0 spiro atoms. The molecule has 118 valence electrons. The number of benzene rings is 1. The topological polar surface area (TPSA) is 63.1 Å². The fraction of sp³-hybridized carbons (Fsp3) is 0.375.